The zero-order valence-corrected chi connectivity index (χ0v) is 11.3. The summed E-state index contributed by atoms with van der Waals surface area (Å²) in [6.45, 7) is 0.689. The molecule has 5 heteroatoms. The number of nitrogens with zero attached hydrogens (tertiary/aromatic N) is 2. The van der Waals surface area contributed by atoms with Crippen molar-refractivity contribution in [1.82, 2.24) is 9.59 Å². The Morgan fingerprint density at radius 1 is 1.21 bits per heavy atom. The van der Waals surface area contributed by atoms with Crippen molar-refractivity contribution in [3.05, 3.63) is 48.2 Å². The van der Waals surface area contributed by atoms with E-state index < -0.39 is 0 Å². The first-order valence-electron chi connectivity index (χ1n) is 5.94. The van der Waals surface area contributed by atoms with Crippen LogP contribution in [0.4, 0.5) is 5.00 Å². The van der Waals surface area contributed by atoms with Gasteiger partial charge >= 0.3 is 0 Å². The normalized spacial score (nSPS) is 10.6. The Morgan fingerprint density at radius 3 is 2.89 bits per heavy atom. The second kappa shape index (κ2) is 5.24. The van der Waals surface area contributed by atoms with Crippen molar-refractivity contribution in [3.63, 3.8) is 0 Å². The lowest BCUT2D eigenvalue weighted by Crippen LogP contribution is -2.01. The molecule has 19 heavy (non-hydrogen) atoms. The average Bonchev–Trinajstić information content (AvgIpc) is 2.97. The summed E-state index contributed by atoms with van der Waals surface area (Å²) in [4.78, 5) is 0. The Bertz CT molecular complexity index is 682. The minimum absolute atomic E-state index is 0.689. The first kappa shape index (κ1) is 11.9. The number of hydrogen-bond donors (Lipinski definition) is 1. The number of methoxy groups -OCH3 is 1. The van der Waals surface area contributed by atoms with Crippen molar-refractivity contribution in [2.45, 2.75) is 6.54 Å². The lowest BCUT2D eigenvalue weighted by Gasteiger charge is -2.12. The molecule has 2 aromatic carbocycles. The fourth-order valence-electron chi connectivity index (χ4n) is 2.11. The minimum atomic E-state index is 0.689. The van der Waals surface area contributed by atoms with Gasteiger partial charge in [0.1, 0.15) is 10.8 Å². The zero-order valence-electron chi connectivity index (χ0n) is 10.5. The Kier molecular flexibility index (Phi) is 3.29. The third kappa shape index (κ3) is 2.37. The van der Waals surface area contributed by atoms with Gasteiger partial charge < -0.3 is 10.1 Å². The number of ether oxygens (including phenoxy) is 1. The fraction of sp³-hybridized carbons (Fsp3) is 0.143. The van der Waals surface area contributed by atoms with Crippen LogP contribution in [0.5, 0.6) is 5.75 Å². The molecule has 0 spiro atoms. The van der Waals surface area contributed by atoms with Crippen LogP contribution in [0.2, 0.25) is 0 Å². The lowest BCUT2D eigenvalue weighted by atomic mass is 10.0. The third-order valence-corrected chi connectivity index (χ3v) is 3.64. The average molecular weight is 271 g/mol. The Hall–Kier alpha value is -2.14. The summed E-state index contributed by atoms with van der Waals surface area (Å²) in [5.74, 6) is 0.892. The molecule has 0 aliphatic rings. The summed E-state index contributed by atoms with van der Waals surface area (Å²) >= 11 is 1.35. The molecule has 96 valence electrons. The van der Waals surface area contributed by atoms with E-state index in [4.69, 9.17) is 4.74 Å². The molecule has 3 aromatic rings. The monoisotopic (exact) mass is 271 g/mol. The van der Waals surface area contributed by atoms with Crippen molar-refractivity contribution >= 4 is 27.3 Å². The number of rotatable bonds is 4. The summed E-state index contributed by atoms with van der Waals surface area (Å²) in [6, 6.07) is 12.4. The molecular formula is C14H13N3OS. The molecule has 0 fully saturated rings. The highest BCUT2D eigenvalue weighted by atomic mass is 32.1. The van der Waals surface area contributed by atoms with Gasteiger partial charge in [0.05, 0.1) is 13.3 Å². The quantitative estimate of drug-likeness (QED) is 0.790. The highest BCUT2D eigenvalue weighted by molar-refractivity contribution is 7.09. The number of fused-ring (bicyclic) bond motifs is 1. The molecule has 0 aliphatic carbocycles. The van der Waals surface area contributed by atoms with Gasteiger partial charge in [-0.2, -0.15) is 0 Å². The predicted molar refractivity (Wildman–Crippen MR) is 77.7 cm³/mol. The SMILES string of the molecule is COc1ccc2ccccc2c1CNc1cnns1. The van der Waals surface area contributed by atoms with Crippen LogP contribution < -0.4 is 10.1 Å². The molecule has 0 unspecified atom stereocenters. The Labute approximate surface area is 115 Å². The van der Waals surface area contributed by atoms with Gasteiger partial charge in [-0.3, -0.25) is 0 Å². The summed E-state index contributed by atoms with van der Waals surface area (Å²) in [7, 11) is 1.70. The lowest BCUT2D eigenvalue weighted by molar-refractivity contribution is 0.411. The van der Waals surface area contributed by atoms with Gasteiger partial charge in [-0.05, 0) is 16.8 Å². The predicted octanol–water partition coefficient (Wildman–Crippen LogP) is 3.31. The molecule has 1 aromatic heterocycles. The van der Waals surface area contributed by atoms with Crippen LogP contribution in [0.1, 0.15) is 5.56 Å². The molecule has 0 aliphatic heterocycles. The van der Waals surface area contributed by atoms with Crippen molar-refractivity contribution in [3.8, 4) is 5.75 Å². The molecule has 0 bridgehead atoms. The van der Waals surface area contributed by atoms with E-state index in [1.165, 1.54) is 22.3 Å². The van der Waals surface area contributed by atoms with Crippen LogP contribution in [0.15, 0.2) is 42.6 Å². The molecule has 0 amide bonds. The Balaban J connectivity index is 1.99. The van der Waals surface area contributed by atoms with E-state index in [0.29, 0.717) is 6.54 Å². The van der Waals surface area contributed by atoms with Crippen LogP contribution in [-0.4, -0.2) is 16.7 Å². The van der Waals surface area contributed by atoms with E-state index in [9.17, 15) is 0 Å². The fourth-order valence-corrected chi connectivity index (χ4v) is 2.52. The van der Waals surface area contributed by atoms with Crippen molar-refractivity contribution in [2.24, 2.45) is 0 Å². The van der Waals surface area contributed by atoms with E-state index in [1.54, 1.807) is 13.3 Å². The van der Waals surface area contributed by atoms with Crippen molar-refractivity contribution in [2.75, 3.05) is 12.4 Å². The molecule has 0 radical (unpaired) electrons. The molecule has 3 rings (SSSR count). The van der Waals surface area contributed by atoms with Crippen molar-refractivity contribution < 1.29 is 4.74 Å². The minimum Gasteiger partial charge on any atom is -0.496 e. The van der Waals surface area contributed by atoms with E-state index in [0.717, 1.165) is 16.3 Å². The zero-order chi connectivity index (χ0) is 13.1. The van der Waals surface area contributed by atoms with E-state index in [2.05, 4.69) is 33.1 Å². The maximum Gasteiger partial charge on any atom is 0.130 e. The van der Waals surface area contributed by atoms with Crippen LogP contribution in [-0.2, 0) is 6.54 Å². The number of aromatic nitrogens is 2. The largest absolute Gasteiger partial charge is 0.496 e. The Morgan fingerprint density at radius 2 is 2.11 bits per heavy atom. The summed E-state index contributed by atoms with van der Waals surface area (Å²) < 4.78 is 9.29. The second-order valence-corrected chi connectivity index (χ2v) is 4.89. The smallest absolute Gasteiger partial charge is 0.130 e. The summed E-state index contributed by atoms with van der Waals surface area (Å²) in [6.07, 6.45) is 1.72. The van der Waals surface area contributed by atoms with E-state index in [-0.39, 0.29) is 0 Å². The molecule has 0 atom stereocenters. The molecule has 1 heterocycles. The van der Waals surface area contributed by atoms with E-state index >= 15 is 0 Å². The standard InChI is InChI=1S/C14H13N3OS/c1-18-13-7-6-10-4-2-3-5-11(10)12(13)8-15-14-9-16-17-19-14/h2-7,9,15H,8H2,1H3. The van der Waals surface area contributed by atoms with Gasteiger partial charge in [0.2, 0.25) is 0 Å². The maximum absolute atomic E-state index is 5.46. The maximum atomic E-state index is 5.46. The van der Waals surface area contributed by atoms with Crippen LogP contribution in [0, 0.1) is 0 Å². The first-order chi connectivity index (χ1) is 9.38. The molecule has 4 nitrogen and oxygen atoms in total. The van der Waals surface area contributed by atoms with Crippen LogP contribution >= 0.6 is 11.5 Å². The highest BCUT2D eigenvalue weighted by Crippen LogP contribution is 2.28. The van der Waals surface area contributed by atoms with Gasteiger partial charge in [0.15, 0.2) is 0 Å². The number of anilines is 1. The van der Waals surface area contributed by atoms with Crippen LogP contribution in [0.25, 0.3) is 10.8 Å². The molecule has 1 N–H and O–H groups in total. The highest BCUT2D eigenvalue weighted by Gasteiger charge is 2.08. The van der Waals surface area contributed by atoms with Gasteiger partial charge in [-0.25, -0.2) is 0 Å². The van der Waals surface area contributed by atoms with Crippen molar-refractivity contribution in [1.29, 1.82) is 0 Å². The van der Waals surface area contributed by atoms with Gasteiger partial charge in [0.25, 0.3) is 0 Å². The second-order valence-electron chi connectivity index (χ2n) is 4.10. The number of nitrogens with one attached hydrogen (secondary N) is 1. The number of hydrogen-bond acceptors (Lipinski definition) is 5. The van der Waals surface area contributed by atoms with Gasteiger partial charge in [-0.1, -0.05) is 34.8 Å². The number of benzene rings is 2. The first-order valence-corrected chi connectivity index (χ1v) is 6.71. The molecular weight excluding hydrogens is 258 g/mol. The van der Waals surface area contributed by atoms with Gasteiger partial charge in [0, 0.05) is 23.6 Å². The van der Waals surface area contributed by atoms with Crippen LogP contribution in [0.3, 0.4) is 0 Å². The van der Waals surface area contributed by atoms with E-state index in [1.807, 2.05) is 18.2 Å². The third-order valence-electron chi connectivity index (χ3n) is 3.02. The van der Waals surface area contributed by atoms with Gasteiger partial charge in [-0.15, -0.1) is 5.10 Å². The summed E-state index contributed by atoms with van der Waals surface area (Å²) in [5.41, 5.74) is 1.15. The summed E-state index contributed by atoms with van der Waals surface area (Å²) in [5, 5.41) is 10.5. The molecule has 0 saturated carbocycles. The topological polar surface area (TPSA) is 47.0 Å². The molecule has 0 saturated heterocycles.